The van der Waals surface area contributed by atoms with E-state index in [0.717, 1.165) is 5.56 Å². The van der Waals surface area contributed by atoms with Gasteiger partial charge in [0.1, 0.15) is 5.82 Å². The van der Waals surface area contributed by atoms with Crippen molar-refractivity contribution in [3.63, 3.8) is 0 Å². The largest absolute Gasteiger partial charge is 0.397 e. The molecule has 6 heteroatoms. The van der Waals surface area contributed by atoms with Crippen molar-refractivity contribution in [2.45, 2.75) is 5.75 Å². The van der Waals surface area contributed by atoms with Crippen LogP contribution in [0.1, 0.15) is 5.56 Å². The summed E-state index contributed by atoms with van der Waals surface area (Å²) in [5.41, 5.74) is 7.27. The fourth-order valence-electron chi connectivity index (χ4n) is 1.69. The second-order valence-electron chi connectivity index (χ2n) is 4.36. The molecule has 0 spiro atoms. The summed E-state index contributed by atoms with van der Waals surface area (Å²) in [5, 5.41) is 3.27. The van der Waals surface area contributed by atoms with Crippen molar-refractivity contribution in [3.05, 3.63) is 58.9 Å². The average molecular weight is 325 g/mol. The van der Waals surface area contributed by atoms with Crippen LogP contribution in [0.5, 0.6) is 0 Å². The van der Waals surface area contributed by atoms with Crippen molar-refractivity contribution in [2.24, 2.45) is 0 Å². The van der Waals surface area contributed by atoms with Crippen molar-refractivity contribution >= 4 is 40.6 Å². The fourth-order valence-corrected chi connectivity index (χ4v) is 2.81. The Morgan fingerprint density at radius 1 is 1.29 bits per heavy atom. The molecule has 0 radical (unpaired) electrons. The van der Waals surface area contributed by atoms with Crippen molar-refractivity contribution in [3.8, 4) is 0 Å². The summed E-state index contributed by atoms with van der Waals surface area (Å²) >= 11 is 7.46. The highest BCUT2D eigenvalue weighted by atomic mass is 35.5. The van der Waals surface area contributed by atoms with Crippen LogP contribution in [-0.2, 0) is 10.5 Å². The molecule has 0 saturated carbocycles. The van der Waals surface area contributed by atoms with Crippen LogP contribution in [0, 0.1) is 5.82 Å². The molecular formula is C15H14ClFN2OS. The molecule has 0 unspecified atom stereocenters. The molecule has 21 heavy (non-hydrogen) atoms. The second kappa shape index (κ2) is 7.33. The molecule has 0 aliphatic carbocycles. The van der Waals surface area contributed by atoms with Crippen LogP contribution in [0.3, 0.4) is 0 Å². The average Bonchev–Trinajstić information content (AvgIpc) is 2.45. The Kier molecular flexibility index (Phi) is 5.47. The van der Waals surface area contributed by atoms with E-state index in [4.69, 9.17) is 17.3 Å². The standard InChI is InChI=1S/C15H14ClFN2OS/c16-12-4-2-1-3-10(12)8-21-9-15(20)19-14-7-11(17)5-6-13(14)18/h1-7H,8-9,18H2,(H,19,20). The Morgan fingerprint density at radius 3 is 2.81 bits per heavy atom. The Labute approximate surface area is 131 Å². The molecule has 2 aromatic carbocycles. The van der Waals surface area contributed by atoms with Gasteiger partial charge in [-0.25, -0.2) is 4.39 Å². The van der Waals surface area contributed by atoms with E-state index in [1.807, 2.05) is 24.3 Å². The molecule has 0 aliphatic rings. The molecule has 2 aromatic rings. The van der Waals surface area contributed by atoms with Gasteiger partial charge in [0.25, 0.3) is 0 Å². The van der Waals surface area contributed by atoms with E-state index in [-0.39, 0.29) is 11.7 Å². The van der Waals surface area contributed by atoms with Gasteiger partial charge in [-0.1, -0.05) is 29.8 Å². The number of anilines is 2. The number of rotatable bonds is 5. The fraction of sp³-hybridized carbons (Fsp3) is 0.133. The third-order valence-electron chi connectivity index (χ3n) is 2.74. The lowest BCUT2D eigenvalue weighted by Crippen LogP contribution is -2.15. The first-order valence-corrected chi connectivity index (χ1v) is 7.75. The van der Waals surface area contributed by atoms with E-state index in [2.05, 4.69) is 5.32 Å². The number of halogens is 2. The number of benzene rings is 2. The molecule has 0 fully saturated rings. The lowest BCUT2D eigenvalue weighted by atomic mass is 10.2. The third-order valence-corrected chi connectivity index (χ3v) is 4.09. The van der Waals surface area contributed by atoms with E-state index in [1.165, 1.54) is 30.0 Å². The zero-order chi connectivity index (χ0) is 15.2. The van der Waals surface area contributed by atoms with Gasteiger partial charge in [-0.15, -0.1) is 11.8 Å². The van der Waals surface area contributed by atoms with E-state index in [0.29, 0.717) is 22.2 Å². The minimum absolute atomic E-state index is 0.232. The number of carbonyl (C=O) groups excluding carboxylic acids is 1. The number of nitrogens with two attached hydrogens (primary N) is 1. The van der Waals surface area contributed by atoms with Crippen LogP contribution in [-0.4, -0.2) is 11.7 Å². The molecule has 0 aromatic heterocycles. The van der Waals surface area contributed by atoms with Crippen molar-refractivity contribution in [1.82, 2.24) is 0 Å². The van der Waals surface area contributed by atoms with Gasteiger partial charge in [-0.2, -0.15) is 0 Å². The Balaban J connectivity index is 1.85. The smallest absolute Gasteiger partial charge is 0.234 e. The van der Waals surface area contributed by atoms with Crippen molar-refractivity contribution in [2.75, 3.05) is 16.8 Å². The van der Waals surface area contributed by atoms with Crippen LogP contribution in [0.4, 0.5) is 15.8 Å². The number of amides is 1. The van der Waals surface area contributed by atoms with Crippen molar-refractivity contribution < 1.29 is 9.18 Å². The summed E-state index contributed by atoms with van der Waals surface area (Å²) in [5.74, 6) is 0.194. The summed E-state index contributed by atoms with van der Waals surface area (Å²) in [6, 6.07) is 11.3. The molecule has 1 amide bonds. The summed E-state index contributed by atoms with van der Waals surface area (Å²) in [6.45, 7) is 0. The summed E-state index contributed by atoms with van der Waals surface area (Å²) in [4.78, 5) is 11.8. The first-order chi connectivity index (χ1) is 10.1. The van der Waals surface area contributed by atoms with E-state index in [1.54, 1.807) is 0 Å². The van der Waals surface area contributed by atoms with Gasteiger partial charge in [0.15, 0.2) is 0 Å². The Hall–Kier alpha value is -1.72. The highest BCUT2D eigenvalue weighted by molar-refractivity contribution is 7.99. The lowest BCUT2D eigenvalue weighted by Gasteiger charge is -2.08. The van der Waals surface area contributed by atoms with E-state index in [9.17, 15) is 9.18 Å². The topological polar surface area (TPSA) is 55.1 Å². The maximum atomic E-state index is 13.1. The van der Waals surface area contributed by atoms with Crippen LogP contribution in [0.15, 0.2) is 42.5 Å². The van der Waals surface area contributed by atoms with Crippen LogP contribution >= 0.6 is 23.4 Å². The first-order valence-electron chi connectivity index (χ1n) is 6.22. The van der Waals surface area contributed by atoms with Gasteiger partial charge in [0.2, 0.25) is 5.91 Å². The van der Waals surface area contributed by atoms with Crippen LogP contribution < -0.4 is 11.1 Å². The predicted molar refractivity (Wildman–Crippen MR) is 87.1 cm³/mol. The highest BCUT2D eigenvalue weighted by Crippen LogP contribution is 2.22. The van der Waals surface area contributed by atoms with Gasteiger partial charge in [-0.05, 0) is 29.8 Å². The molecule has 0 aliphatic heterocycles. The Morgan fingerprint density at radius 2 is 2.05 bits per heavy atom. The van der Waals surface area contributed by atoms with Crippen LogP contribution in [0.25, 0.3) is 0 Å². The highest BCUT2D eigenvalue weighted by Gasteiger charge is 2.07. The molecule has 110 valence electrons. The summed E-state index contributed by atoms with van der Waals surface area (Å²) in [6.07, 6.45) is 0. The molecule has 3 nitrogen and oxygen atoms in total. The number of nitrogen functional groups attached to an aromatic ring is 1. The van der Waals surface area contributed by atoms with Gasteiger partial charge in [0.05, 0.1) is 17.1 Å². The monoisotopic (exact) mass is 324 g/mol. The van der Waals surface area contributed by atoms with Crippen LogP contribution in [0.2, 0.25) is 5.02 Å². The molecular weight excluding hydrogens is 311 g/mol. The molecule has 0 bridgehead atoms. The van der Waals surface area contributed by atoms with Gasteiger partial charge >= 0.3 is 0 Å². The van der Waals surface area contributed by atoms with Gasteiger partial charge in [0, 0.05) is 10.8 Å². The van der Waals surface area contributed by atoms with Gasteiger partial charge in [-0.3, -0.25) is 4.79 Å². The first kappa shape index (κ1) is 15.7. The van der Waals surface area contributed by atoms with E-state index >= 15 is 0 Å². The predicted octanol–water partition coefficient (Wildman–Crippen LogP) is 3.93. The molecule has 2 rings (SSSR count). The number of hydrogen-bond acceptors (Lipinski definition) is 3. The normalized spacial score (nSPS) is 10.4. The maximum absolute atomic E-state index is 13.1. The third kappa shape index (κ3) is 4.65. The molecule has 0 saturated heterocycles. The van der Waals surface area contributed by atoms with E-state index < -0.39 is 5.82 Å². The van der Waals surface area contributed by atoms with Crippen molar-refractivity contribution in [1.29, 1.82) is 0 Å². The molecule has 3 N–H and O–H groups in total. The minimum atomic E-state index is -0.441. The zero-order valence-electron chi connectivity index (χ0n) is 11.1. The zero-order valence-corrected chi connectivity index (χ0v) is 12.7. The number of carbonyl (C=O) groups is 1. The quantitative estimate of drug-likeness (QED) is 0.819. The summed E-state index contributed by atoms with van der Waals surface area (Å²) in [7, 11) is 0. The molecule has 0 heterocycles. The second-order valence-corrected chi connectivity index (χ2v) is 5.76. The Bertz CT molecular complexity index is 651. The SMILES string of the molecule is Nc1ccc(F)cc1NC(=O)CSCc1ccccc1Cl. The number of hydrogen-bond donors (Lipinski definition) is 2. The minimum Gasteiger partial charge on any atom is -0.397 e. The summed E-state index contributed by atoms with van der Waals surface area (Å²) < 4.78 is 13.1. The number of nitrogens with one attached hydrogen (secondary N) is 1. The number of thioether (sulfide) groups is 1. The van der Waals surface area contributed by atoms with Gasteiger partial charge < -0.3 is 11.1 Å². The maximum Gasteiger partial charge on any atom is 0.234 e. The lowest BCUT2D eigenvalue weighted by molar-refractivity contribution is -0.113. The molecule has 0 atom stereocenters.